The fourth-order valence-corrected chi connectivity index (χ4v) is 3.85. The quantitative estimate of drug-likeness (QED) is 0.565. The van der Waals surface area contributed by atoms with Crippen molar-refractivity contribution in [2.45, 2.75) is 37.4 Å². The van der Waals surface area contributed by atoms with Gasteiger partial charge in [0.25, 0.3) is 5.56 Å². The number of benzene rings is 1. The fourth-order valence-electron chi connectivity index (χ4n) is 2.82. The van der Waals surface area contributed by atoms with Crippen LogP contribution in [0, 0.1) is 0 Å². The highest BCUT2D eigenvalue weighted by atomic mass is 32.2. The highest BCUT2D eigenvalue weighted by Crippen LogP contribution is 2.31. The second-order valence-electron chi connectivity index (χ2n) is 7.48. The molecule has 0 saturated heterocycles. The number of sulfone groups is 1. The summed E-state index contributed by atoms with van der Waals surface area (Å²) >= 11 is 0. The molecule has 3 rings (SSSR count). The van der Waals surface area contributed by atoms with Gasteiger partial charge in [-0.1, -0.05) is 13.0 Å². The van der Waals surface area contributed by atoms with Gasteiger partial charge in [0, 0.05) is 11.5 Å². The third-order valence-corrected chi connectivity index (χ3v) is 6.46. The molecule has 1 N–H and O–H groups in total. The molecule has 0 fully saturated rings. The summed E-state index contributed by atoms with van der Waals surface area (Å²) in [6, 6.07) is 3.53. The van der Waals surface area contributed by atoms with Crippen molar-refractivity contribution < 1.29 is 36.2 Å². The van der Waals surface area contributed by atoms with Crippen molar-refractivity contribution in [3.8, 4) is 11.6 Å². The molecule has 3 aromatic rings. The zero-order valence-electron chi connectivity index (χ0n) is 17.5. The van der Waals surface area contributed by atoms with E-state index in [1.165, 1.54) is 20.8 Å². The topological polar surface area (TPSA) is 128 Å². The molecule has 176 valence electrons. The Morgan fingerprint density at radius 3 is 2.42 bits per heavy atom. The van der Waals surface area contributed by atoms with Gasteiger partial charge in [0.1, 0.15) is 10.6 Å². The van der Waals surface area contributed by atoms with Gasteiger partial charge in [-0.25, -0.2) is 18.2 Å². The van der Waals surface area contributed by atoms with Crippen LogP contribution >= 0.6 is 0 Å². The first-order valence-electron chi connectivity index (χ1n) is 9.42. The predicted molar refractivity (Wildman–Crippen MR) is 110 cm³/mol. The second-order valence-corrected chi connectivity index (χ2v) is 9.72. The number of halogens is 3. The monoisotopic (exact) mass is 485 g/mol. The van der Waals surface area contributed by atoms with Crippen LogP contribution in [0.1, 0.15) is 26.3 Å². The number of pyridine rings is 1. The zero-order chi connectivity index (χ0) is 24.8. The van der Waals surface area contributed by atoms with Crippen LogP contribution in [0.5, 0.6) is 5.75 Å². The molecule has 13 heteroatoms. The second kappa shape index (κ2) is 8.14. The molecule has 0 spiro atoms. The SMILES string of the molecule is CCS(=O)(=O)c1cc(OC(C)(C)C(=O)O)cnc1-n1ncc2ccc(C(F)(F)F)cc2c1=O. The summed E-state index contributed by atoms with van der Waals surface area (Å²) in [7, 11) is -4.05. The molecule has 2 heterocycles. The van der Waals surface area contributed by atoms with E-state index in [4.69, 9.17) is 4.74 Å². The maximum absolute atomic E-state index is 13.1. The van der Waals surface area contributed by atoms with Gasteiger partial charge in [0.15, 0.2) is 21.3 Å². The number of hydrogen-bond acceptors (Lipinski definition) is 7. The van der Waals surface area contributed by atoms with Crippen molar-refractivity contribution in [1.29, 1.82) is 0 Å². The normalized spacial score (nSPS) is 12.7. The molecule has 0 unspecified atom stereocenters. The Labute approximate surface area is 185 Å². The molecule has 0 atom stereocenters. The average molecular weight is 485 g/mol. The summed E-state index contributed by atoms with van der Waals surface area (Å²) in [5.74, 6) is -2.39. The molecular weight excluding hydrogens is 467 g/mol. The van der Waals surface area contributed by atoms with Gasteiger partial charge in [-0.05, 0) is 26.0 Å². The third kappa shape index (κ3) is 4.67. The summed E-state index contributed by atoms with van der Waals surface area (Å²) in [6.07, 6.45) is -2.59. The Morgan fingerprint density at radius 2 is 1.85 bits per heavy atom. The fraction of sp³-hybridized carbons (Fsp3) is 0.300. The molecule has 1 aromatic carbocycles. The van der Waals surface area contributed by atoms with Gasteiger partial charge < -0.3 is 9.84 Å². The third-order valence-electron chi connectivity index (χ3n) is 4.73. The lowest BCUT2D eigenvalue weighted by molar-refractivity contribution is -0.152. The van der Waals surface area contributed by atoms with Crippen LogP contribution in [-0.2, 0) is 20.8 Å². The number of carboxylic acids is 1. The smallest absolute Gasteiger partial charge is 0.416 e. The number of ether oxygens (including phenoxy) is 1. The Hall–Kier alpha value is -3.48. The largest absolute Gasteiger partial charge is 0.478 e. The number of aromatic nitrogens is 3. The van der Waals surface area contributed by atoms with E-state index in [1.807, 2.05) is 0 Å². The number of nitrogens with zero attached hydrogens (tertiary/aromatic N) is 3. The van der Waals surface area contributed by atoms with Crippen LogP contribution in [0.15, 0.2) is 46.3 Å². The lowest BCUT2D eigenvalue weighted by atomic mass is 10.1. The number of carbonyl (C=O) groups is 1. The molecule has 0 aliphatic rings. The van der Waals surface area contributed by atoms with Gasteiger partial charge in [-0.2, -0.15) is 23.0 Å². The molecule has 0 aliphatic heterocycles. The van der Waals surface area contributed by atoms with E-state index in [0.29, 0.717) is 10.7 Å². The van der Waals surface area contributed by atoms with Crippen molar-refractivity contribution in [2.75, 3.05) is 5.75 Å². The summed E-state index contributed by atoms with van der Waals surface area (Å²) in [5, 5.41) is 12.9. The Kier molecular flexibility index (Phi) is 5.96. The molecule has 0 saturated carbocycles. The molecule has 9 nitrogen and oxygen atoms in total. The number of aliphatic carboxylic acids is 1. The summed E-state index contributed by atoms with van der Waals surface area (Å²) in [6.45, 7) is 3.82. The van der Waals surface area contributed by atoms with Crippen LogP contribution in [0.2, 0.25) is 0 Å². The van der Waals surface area contributed by atoms with Gasteiger partial charge in [0.05, 0.1) is 29.1 Å². The lowest BCUT2D eigenvalue weighted by Gasteiger charge is -2.22. The van der Waals surface area contributed by atoms with Gasteiger partial charge in [-0.15, -0.1) is 0 Å². The number of carboxylic acid groups (broad SMARTS) is 1. The lowest BCUT2D eigenvalue weighted by Crippen LogP contribution is -2.38. The zero-order valence-corrected chi connectivity index (χ0v) is 18.4. The maximum atomic E-state index is 13.1. The van der Waals surface area contributed by atoms with Crippen molar-refractivity contribution in [2.24, 2.45) is 0 Å². The molecule has 2 aromatic heterocycles. The summed E-state index contributed by atoms with van der Waals surface area (Å²) < 4.78 is 70.6. The van der Waals surface area contributed by atoms with E-state index < -0.39 is 55.2 Å². The maximum Gasteiger partial charge on any atom is 0.416 e. The number of hydrogen-bond donors (Lipinski definition) is 1. The van der Waals surface area contributed by atoms with E-state index >= 15 is 0 Å². The van der Waals surface area contributed by atoms with E-state index in [9.17, 15) is 36.3 Å². The van der Waals surface area contributed by atoms with E-state index in [2.05, 4.69) is 10.1 Å². The number of rotatable bonds is 6. The minimum atomic E-state index is -4.69. The van der Waals surface area contributed by atoms with Gasteiger partial charge in [-0.3, -0.25) is 4.79 Å². The summed E-state index contributed by atoms with van der Waals surface area (Å²) in [5.41, 5.74) is -3.79. The van der Waals surface area contributed by atoms with Crippen molar-refractivity contribution in [1.82, 2.24) is 14.8 Å². The first-order chi connectivity index (χ1) is 15.2. The van der Waals surface area contributed by atoms with Crippen molar-refractivity contribution in [3.05, 3.63) is 52.6 Å². The van der Waals surface area contributed by atoms with Crippen LogP contribution in [0.3, 0.4) is 0 Å². The Balaban J connectivity index is 2.26. The van der Waals surface area contributed by atoms with E-state index in [1.54, 1.807) is 0 Å². The van der Waals surface area contributed by atoms with Crippen LogP contribution < -0.4 is 10.3 Å². The molecule has 0 amide bonds. The predicted octanol–water partition coefficient (Wildman–Crippen LogP) is 2.84. The molecule has 0 bridgehead atoms. The van der Waals surface area contributed by atoms with E-state index in [-0.39, 0.29) is 16.5 Å². The Morgan fingerprint density at radius 1 is 1.18 bits per heavy atom. The molecule has 33 heavy (non-hydrogen) atoms. The minimum absolute atomic E-state index is 0.118. The molecule has 0 aliphatic carbocycles. The van der Waals surface area contributed by atoms with E-state index in [0.717, 1.165) is 30.6 Å². The first kappa shape index (κ1) is 24.2. The van der Waals surface area contributed by atoms with Gasteiger partial charge in [0.2, 0.25) is 0 Å². The minimum Gasteiger partial charge on any atom is -0.478 e. The van der Waals surface area contributed by atoms with Gasteiger partial charge >= 0.3 is 12.1 Å². The van der Waals surface area contributed by atoms with Crippen molar-refractivity contribution in [3.63, 3.8) is 0 Å². The number of fused-ring (bicyclic) bond motifs is 1. The van der Waals surface area contributed by atoms with Crippen LogP contribution in [0.4, 0.5) is 13.2 Å². The first-order valence-corrected chi connectivity index (χ1v) is 11.1. The summed E-state index contributed by atoms with van der Waals surface area (Å²) in [4.78, 5) is 27.7. The molecule has 0 radical (unpaired) electrons. The number of alkyl halides is 3. The Bertz CT molecular complexity index is 1410. The molecular formula is C20H18F3N3O6S. The standard InChI is InChI=1S/C20H18F3N3O6S/c1-4-33(30,31)15-8-13(32-19(2,3)18(28)29)10-24-16(15)26-17(27)14-7-12(20(21,22)23)6-5-11(14)9-25-26/h5-10H,4H2,1-3H3,(H,28,29). The average Bonchev–Trinajstić information content (AvgIpc) is 2.73. The highest BCUT2D eigenvalue weighted by Gasteiger charge is 2.32. The van der Waals surface area contributed by atoms with Crippen LogP contribution in [0.25, 0.3) is 16.6 Å². The van der Waals surface area contributed by atoms with Crippen molar-refractivity contribution >= 4 is 26.6 Å². The highest BCUT2D eigenvalue weighted by molar-refractivity contribution is 7.91. The van der Waals surface area contributed by atoms with Crippen LogP contribution in [-0.4, -0.2) is 45.6 Å².